The molecule has 3 nitrogen and oxygen atoms in total. The predicted molar refractivity (Wildman–Crippen MR) is 99.2 cm³/mol. The van der Waals surface area contributed by atoms with Crippen LogP contribution in [0, 0.1) is 13.8 Å². The van der Waals surface area contributed by atoms with Crippen molar-refractivity contribution >= 4 is 5.82 Å². The first-order chi connectivity index (χ1) is 11.7. The lowest BCUT2D eigenvalue weighted by molar-refractivity contribution is 0.790. The largest absolute Gasteiger partial charge is 0.369 e. The number of rotatable bonds is 2. The molecule has 120 valence electrons. The van der Waals surface area contributed by atoms with Crippen LogP contribution in [0.4, 0.5) is 5.82 Å². The van der Waals surface area contributed by atoms with Gasteiger partial charge in [-0.1, -0.05) is 54.1 Å². The van der Waals surface area contributed by atoms with E-state index in [0.717, 1.165) is 53.4 Å². The van der Waals surface area contributed by atoms with Gasteiger partial charge < -0.3 is 5.32 Å². The van der Waals surface area contributed by atoms with Gasteiger partial charge in [-0.2, -0.15) is 0 Å². The smallest absolute Gasteiger partial charge is 0.148 e. The lowest BCUT2D eigenvalue weighted by Crippen LogP contribution is -2.16. The first-order valence-corrected chi connectivity index (χ1v) is 8.50. The Morgan fingerprint density at radius 3 is 2.46 bits per heavy atom. The maximum Gasteiger partial charge on any atom is 0.148 e. The Balaban J connectivity index is 1.96. The van der Waals surface area contributed by atoms with E-state index in [9.17, 15) is 0 Å². The van der Waals surface area contributed by atoms with E-state index in [1.807, 2.05) is 0 Å². The molecule has 1 aromatic heterocycles. The molecule has 2 heterocycles. The van der Waals surface area contributed by atoms with Gasteiger partial charge >= 0.3 is 0 Å². The first-order valence-electron chi connectivity index (χ1n) is 8.50. The molecule has 3 heteroatoms. The predicted octanol–water partition coefficient (Wildman–Crippen LogP) is 4.79. The average molecular weight is 315 g/mol. The molecule has 0 saturated carbocycles. The van der Waals surface area contributed by atoms with Gasteiger partial charge in [0, 0.05) is 17.7 Å². The highest BCUT2D eigenvalue weighted by Gasteiger charge is 2.19. The monoisotopic (exact) mass is 315 g/mol. The Morgan fingerprint density at radius 1 is 0.875 bits per heavy atom. The highest BCUT2D eigenvalue weighted by molar-refractivity contribution is 5.81. The standard InChI is InChI=1S/C21H21N3/c1-14-9-11-16(12-10-14)19-20(17-7-4-3-6-15(17)2)23-18-8-5-13-22-21(18)24-19/h3-4,6-7,9-12H,5,8,13H2,1-2H3,(H,22,24). The van der Waals surface area contributed by atoms with Crippen LogP contribution in [0.25, 0.3) is 22.5 Å². The van der Waals surface area contributed by atoms with Crippen LogP contribution in [0.1, 0.15) is 23.2 Å². The molecule has 0 unspecified atom stereocenters. The minimum absolute atomic E-state index is 0.939. The van der Waals surface area contributed by atoms with Crippen molar-refractivity contribution in [3.05, 3.63) is 65.4 Å². The zero-order valence-electron chi connectivity index (χ0n) is 14.1. The van der Waals surface area contributed by atoms with Crippen molar-refractivity contribution in [1.82, 2.24) is 9.97 Å². The number of aryl methyl sites for hydroxylation is 3. The van der Waals surface area contributed by atoms with Crippen LogP contribution in [-0.4, -0.2) is 16.5 Å². The normalized spacial score (nSPS) is 13.2. The van der Waals surface area contributed by atoms with Gasteiger partial charge in [-0.05, 0) is 32.3 Å². The van der Waals surface area contributed by atoms with E-state index in [1.165, 1.54) is 11.1 Å². The van der Waals surface area contributed by atoms with Crippen molar-refractivity contribution in [1.29, 1.82) is 0 Å². The summed E-state index contributed by atoms with van der Waals surface area (Å²) in [6.45, 7) is 5.21. The van der Waals surface area contributed by atoms with Crippen LogP contribution in [0.15, 0.2) is 48.5 Å². The molecule has 0 amide bonds. The van der Waals surface area contributed by atoms with Crippen molar-refractivity contribution in [2.24, 2.45) is 0 Å². The van der Waals surface area contributed by atoms with Crippen LogP contribution in [-0.2, 0) is 6.42 Å². The summed E-state index contributed by atoms with van der Waals surface area (Å²) in [7, 11) is 0. The fraction of sp³-hybridized carbons (Fsp3) is 0.238. The van der Waals surface area contributed by atoms with Crippen LogP contribution in [0.5, 0.6) is 0 Å². The summed E-state index contributed by atoms with van der Waals surface area (Å²) in [5.41, 5.74) is 7.77. The zero-order valence-corrected chi connectivity index (χ0v) is 14.1. The second-order valence-electron chi connectivity index (χ2n) is 6.43. The number of hydrogen-bond donors (Lipinski definition) is 1. The Bertz CT molecular complexity index is 882. The third-order valence-electron chi connectivity index (χ3n) is 4.58. The van der Waals surface area contributed by atoms with E-state index in [-0.39, 0.29) is 0 Å². The van der Waals surface area contributed by atoms with Crippen LogP contribution >= 0.6 is 0 Å². The van der Waals surface area contributed by atoms with E-state index < -0.39 is 0 Å². The van der Waals surface area contributed by atoms with Gasteiger partial charge in [-0.15, -0.1) is 0 Å². The first kappa shape index (κ1) is 14.9. The summed E-state index contributed by atoms with van der Waals surface area (Å²) in [6.07, 6.45) is 2.10. The lowest BCUT2D eigenvalue weighted by Gasteiger charge is -2.20. The quantitative estimate of drug-likeness (QED) is 0.739. The van der Waals surface area contributed by atoms with E-state index in [4.69, 9.17) is 9.97 Å². The summed E-state index contributed by atoms with van der Waals surface area (Å²) in [6, 6.07) is 16.9. The molecule has 0 spiro atoms. The fourth-order valence-electron chi connectivity index (χ4n) is 3.19. The molecule has 0 aliphatic carbocycles. The summed E-state index contributed by atoms with van der Waals surface area (Å²) in [4.78, 5) is 9.98. The highest BCUT2D eigenvalue weighted by Crippen LogP contribution is 2.34. The van der Waals surface area contributed by atoms with Crippen LogP contribution in [0.3, 0.4) is 0 Å². The van der Waals surface area contributed by atoms with Crippen molar-refractivity contribution in [3.8, 4) is 22.5 Å². The molecule has 1 N–H and O–H groups in total. The van der Waals surface area contributed by atoms with Crippen molar-refractivity contribution in [3.63, 3.8) is 0 Å². The second-order valence-corrected chi connectivity index (χ2v) is 6.43. The van der Waals surface area contributed by atoms with Gasteiger partial charge in [0.25, 0.3) is 0 Å². The number of hydrogen-bond acceptors (Lipinski definition) is 3. The summed E-state index contributed by atoms with van der Waals surface area (Å²) >= 11 is 0. The molecule has 0 saturated heterocycles. The molecule has 1 aliphatic rings. The van der Waals surface area contributed by atoms with Crippen LogP contribution < -0.4 is 5.32 Å². The third-order valence-corrected chi connectivity index (χ3v) is 4.58. The highest BCUT2D eigenvalue weighted by atomic mass is 15.0. The molecule has 0 bridgehead atoms. The molecular formula is C21H21N3. The lowest BCUT2D eigenvalue weighted by atomic mass is 9.99. The van der Waals surface area contributed by atoms with E-state index in [2.05, 4.69) is 67.7 Å². The summed E-state index contributed by atoms with van der Waals surface area (Å²) < 4.78 is 0. The summed E-state index contributed by atoms with van der Waals surface area (Å²) in [5.74, 6) is 0.939. The Kier molecular flexibility index (Phi) is 3.77. The molecule has 24 heavy (non-hydrogen) atoms. The molecule has 3 aromatic rings. The molecule has 2 aromatic carbocycles. The molecule has 4 rings (SSSR count). The number of benzene rings is 2. The van der Waals surface area contributed by atoms with Gasteiger partial charge in [0.1, 0.15) is 5.82 Å². The van der Waals surface area contributed by atoms with E-state index >= 15 is 0 Å². The SMILES string of the molecule is Cc1ccc(-c2nc3c(nc2-c2ccccc2C)CCCN3)cc1. The Morgan fingerprint density at radius 2 is 1.67 bits per heavy atom. The maximum atomic E-state index is 5.02. The second kappa shape index (κ2) is 6.08. The van der Waals surface area contributed by atoms with E-state index in [0.29, 0.717) is 0 Å². The van der Waals surface area contributed by atoms with Gasteiger partial charge in [-0.25, -0.2) is 9.97 Å². The fourth-order valence-corrected chi connectivity index (χ4v) is 3.19. The number of fused-ring (bicyclic) bond motifs is 1. The number of anilines is 1. The molecule has 0 radical (unpaired) electrons. The minimum atomic E-state index is 0.939. The van der Waals surface area contributed by atoms with Crippen molar-refractivity contribution < 1.29 is 0 Å². The molecule has 0 fully saturated rings. The van der Waals surface area contributed by atoms with Crippen molar-refractivity contribution in [2.45, 2.75) is 26.7 Å². The topological polar surface area (TPSA) is 37.8 Å². The number of nitrogens with zero attached hydrogens (tertiary/aromatic N) is 2. The van der Waals surface area contributed by atoms with Gasteiger partial charge in [0.2, 0.25) is 0 Å². The number of nitrogens with one attached hydrogen (secondary N) is 1. The molecule has 1 aliphatic heterocycles. The van der Waals surface area contributed by atoms with Crippen LogP contribution in [0.2, 0.25) is 0 Å². The minimum Gasteiger partial charge on any atom is -0.369 e. The van der Waals surface area contributed by atoms with Gasteiger partial charge in [0.15, 0.2) is 0 Å². The molecule has 0 atom stereocenters. The Labute approximate surface area is 142 Å². The Hall–Kier alpha value is -2.68. The third kappa shape index (κ3) is 2.67. The molecular weight excluding hydrogens is 294 g/mol. The zero-order chi connectivity index (χ0) is 16.5. The van der Waals surface area contributed by atoms with E-state index in [1.54, 1.807) is 0 Å². The summed E-state index contributed by atoms with van der Waals surface area (Å²) in [5, 5.41) is 3.40. The average Bonchev–Trinajstić information content (AvgIpc) is 2.62. The van der Waals surface area contributed by atoms with Gasteiger partial charge in [-0.3, -0.25) is 0 Å². The maximum absolute atomic E-state index is 5.02. The van der Waals surface area contributed by atoms with Crippen molar-refractivity contribution in [2.75, 3.05) is 11.9 Å². The van der Waals surface area contributed by atoms with Gasteiger partial charge in [0.05, 0.1) is 17.1 Å². The number of aromatic nitrogens is 2.